The molecule has 0 unspecified atom stereocenters. The summed E-state index contributed by atoms with van der Waals surface area (Å²) in [4.78, 5) is 18.5. The highest BCUT2D eigenvalue weighted by Crippen LogP contribution is 2.19. The van der Waals surface area contributed by atoms with Gasteiger partial charge in [0.05, 0.1) is 0 Å². The van der Waals surface area contributed by atoms with E-state index in [-0.39, 0.29) is 30.1 Å². The fraction of sp³-hybridized carbons (Fsp3) is 0.765. The van der Waals surface area contributed by atoms with E-state index in [9.17, 15) is 4.79 Å². The zero-order chi connectivity index (χ0) is 17.3. The molecule has 140 valence electrons. The van der Waals surface area contributed by atoms with Crippen LogP contribution < -0.4 is 10.6 Å². The molecule has 1 fully saturated rings. The molecule has 2 N–H and O–H groups in total. The van der Waals surface area contributed by atoms with Gasteiger partial charge >= 0.3 is 6.09 Å². The van der Waals surface area contributed by atoms with Crippen LogP contribution in [0.25, 0.3) is 0 Å². The number of likely N-dealkylation sites (tertiary alicyclic amines) is 1. The second-order valence-corrected chi connectivity index (χ2v) is 6.80. The number of hydrogen-bond donors (Lipinski definition) is 2. The highest BCUT2D eigenvalue weighted by atomic mass is 127. The van der Waals surface area contributed by atoms with Crippen molar-refractivity contribution in [1.82, 2.24) is 15.5 Å². The summed E-state index contributed by atoms with van der Waals surface area (Å²) < 4.78 is 5.42. The number of amides is 1. The van der Waals surface area contributed by atoms with Gasteiger partial charge in [-0.15, -0.1) is 30.6 Å². The van der Waals surface area contributed by atoms with Crippen LogP contribution in [0, 0.1) is 5.92 Å². The Morgan fingerprint density at radius 3 is 2.46 bits per heavy atom. The number of halogens is 1. The number of hydrogen-bond acceptors (Lipinski definition) is 3. The minimum atomic E-state index is -0.435. The maximum Gasteiger partial charge on any atom is 0.410 e. The van der Waals surface area contributed by atoms with Gasteiger partial charge in [-0.2, -0.15) is 0 Å². The molecule has 1 heterocycles. The molecule has 6 nitrogen and oxygen atoms in total. The van der Waals surface area contributed by atoms with Crippen molar-refractivity contribution in [1.29, 1.82) is 0 Å². The number of ether oxygens (including phenoxy) is 1. The van der Waals surface area contributed by atoms with Gasteiger partial charge in [0, 0.05) is 32.7 Å². The van der Waals surface area contributed by atoms with Gasteiger partial charge in [0.15, 0.2) is 5.96 Å². The lowest BCUT2D eigenvalue weighted by atomic mass is 9.97. The average Bonchev–Trinajstić information content (AvgIpc) is 2.49. The highest BCUT2D eigenvalue weighted by molar-refractivity contribution is 14.0. The van der Waals surface area contributed by atoms with E-state index in [0.29, 0.717) is 12.5 Å². The Morgan fingerprint density at radius 2 is 1.96 bits per heavy atom. The lowest BCUT2D eigenvalue weighted by molar-refractivity contribution is 0.0187. The molecular formula is C17H33IN4O2. The number of carbonyl (C=O) groups is 1. The smallest absolute Gasteiger partial charge is 0.410 e. The van der Waals surface area contributed by atoms with Crippen molar-refractivity contribution in [3.8, 4) is 0 Å². The van der Waals surface area contributed by atoms with Crippen LogP contribution in [0.1, 0.15) is 40.5 Å². The largest absolute Gasteiger partial charge is 0.444 e. The third-order valence-electron chi connectivity index (χ3n) is 3.53. The molecule has 1 rings (SSSR count). The first kappa shape index (κ1) is 23.0. The standard InChI is InChI=1S/C17H32N4O2.HI/c1-6-10-19-15(18-7-2)20-13-14-8-11-21(12-9-14)16(22)23-17(3,4)5;/h6,14H,1,7-13H2,2-5H3,(H2,18,19,20);1H. The van der Waals surface area contributed by atoms with Crippen molar-refractivity contribution in [2.24, 2.45) is 10.9 Å². The topological polar surface area (TPSA) is 66.0 Å². The molecule has 1 aliphatic heterocycles. The quantitative estimate of drug-likeness (QED) is 0.291. The van der Waals surface area contributed by atoms with Crippen LogP contribution in [0.5, 0.6) is 0 Å². The van der Waals surface area contributed by atoms with Gasteiger partial charge in [-0.25, -0.2) is 4.79 Å². The van der Waals surface area contributed by atoms with Crippen molar-refractivity contribution in [2.75, 3.05) is 32.7 Å². The van der Waals surface area contributed by atoms with Crippen LogP contribution in [-0.4, -0.2) is 55.3 Å². The lowest BCUT2D eigenvalue weighted by Crippen LogP contribution is -2.42. The van der Waals surface area contributed by atoms with E-state index in [1.54, 1.807) is 4.90 Å². The van der Waals surface area contributed by atoms with Crippen molar-refractivity contribution in [2.45, 2.75) is 46.1 Å². The summed E-state index contributed by atoms with van der Waals surface area (Å²) in [5.41, 5.74) is -0.435. The highest BCUT2D eigenvalue weighted by Gasteiger charge is 2.26. The molecule has 1 aliphatic rings. The third-order valence-corrected chi connectivity index (χ3v) is 3.53. The van der Waals surface area contributed by atoms with Gasteiger partial charge in [-0.05, 0) is 46.5 Å². The fourth-order valence-corrected chi connectivity index (χ4v) is 2.36. The Balaban J connectivity index is 0.00000529. The molecule has 1 amide bonds. The summed E-state index contributed by atoms with van der Waals surface area (Å²) in [5, 5.41) is 6.42. The Morgan fingerprint density at radius 1 is 1.33 bits per heavy atom. The molecule has 24 heavy (non-hydrogen) atoms. The SMILES string of the molecule is C=CCNC(=NCC1CCN(C(=O)OC(C)(C)C)CC1)NCC.I. The average molecular weight is 452 g/mol. The van der Waals surface area contributed by atoms with Crippen LogP contribution >= 0.6 is 24.0 Å². The van der Waals surface area contributed by atoms with Gasteiger partial charge in [0.1, 0.15) is 5.60 Å². The van der Waals surface area contributed by atoms with Crippen LogP contribution in [0.2, 0.25) is 0 Å². The zero-order valence-corrected chi connectivity index (χ0v) is 17.8. The van der Waals surface area contributed by atoms with Crippen molar-refractivity contribution in [3.63, 3.8) is 0 Å². The van der Waals surface area contributed by atoms with Crippen LogP contribution in [0.3, 0.4) is 0 Å². The maximum atomic E-state index is 12.0. The lowest BCUT2D eigenvalue weighted by Gasteiger charge is -2.33. The van der Waals surface area contributed by atoms with E-state index >= 15 is 0 Å². The summed E-state index contributed by atoms with van der Waals surface area (Å²) in [5.74, 6) is 1.33. The molecular weight excluding hydrogens is 419 g/mol. The first-order valence-corrected chi connectivity index (χ1v) is 8.46. The summed E-state index contributed by atoms with van der Waals surface area (Å²) in [6.07, 6.45) is 3.53. The predicted molar refractivity (Wildman–Crippen MR) is 110 cm³/mol. The molecule has 0 bridgehead atoms. The van der Waals surface area contributed by atoms with Gasteiger partial charge in [-0.3, -0.25) is 4.99 Å². The van der Waals surface area contributed by atoms with E-state index in [4.69, 9.17) is 4.74 Å². The minimum Gasteiger partial charge on any atom is -0.444 e. The monoisotopic (exact) mass is 452 g/mol. The number of aliphatic imine (C=N–C) groups is 1. The third kappa shape index (κ3) is 9.34. The molecule has 0 atom stereocenters. The minimum absolute atomic E-state index is 0. The summed E-state index contributed by atoms with van der Waals surface area (Å²) in [6, 6.07) is 0. The van der Waals surface area contributed by atoms with E-state index in [1.807, 2.05) is 33.8 Å². The molecule has 0 radical (unpaired) electrons. The summed E-state index contributed by atoms with van der Waals surface area (Å²) in [6.45, 7) is 15.2. The van der Waals surface area contributed by atoms with Crippen LogP contribution in [0.4, 0.5) is 4.79 Å². The Labute approximate surface area is 163 Å². The van der Waals surface area contributed by atoms with Gasteiger partial charge in [-0.1, -0.05) is 6.08 Å². The molecule has 1 saturated heterocycles. The first-order valence-electron chi connectivity index (χ1n) is 8.46. The number of rotatable bonds is 5. The van der Waals surface area contributed by atoms with Crippen LogP contribution in [0.15, 0.2) is 17.6 Å². The normalized spacial score (nSPS) is 16.2. The fourth-order valence-electron chi connectivity index (χ4n) is 2.36. The van der Waals surface area contributed by atoms with Gasteiger partial charge in [0.25, 0.3) is 0 Å². The predicted octanol–water partition coefficient (Wildman–Crippen LogP) is 2.99. The van der Waals surface area contributed by atoms with Gasteiger partial charge < -0.3 is 20.3 Å². The molecule has 0 saturated carbocycles. The number of carbonyl (C=O) groups excluding carboxylic acids is 1. The van der Waals surface area contributed by atoms with Crippen molar-refractivity contribution >= 4 is 36.0 Å². The van der Waals surface area contributed by atoms with E-state index in [0.717, 1.165) is 45.0 Å². The van der Waals surface area contributed by atoms with E-state index in [2.05, 4.69) is 22.2 Å². The Bertz CT molecular complexity index is 413. The van der Waals surface area contributed by atoms with E-state index < -0.39 is 5.60 Å². The molecule has 0 aromatic rings. The molecule has 0 aliphatic carbocycles. The summed E-state index contributed by atoms with van der Waals surface area (Å²) in [7, 11) is 0. The summed E-state index contributed by atoms with van der Waals surface area (Å²) >= 11 is 0. The Kier molecular flexibility index (Phi) is 11.1. The van der Waals surface area contributed by atoms with E-state index in [1.165, 1.54) is 0 Å². The molecule has 0 spiro atoms. The van der Waals surface area contributed by atoms with Crippen molar-refractivity contribution in [3.05, 3.63) is 12.7 Å². The van der Waals surface area contributed by atoms with Crippen LogP contribution in [-0.2, 0) is 4.74 Å². The Hall–Kier alpha value is -0.990. The molecule has 0 aromatic carbocycles. The van der Waals surface area contributed by atoms with Gasteiger partial charge in [0.2, 0.25) is 0 Å². The second-order valence-electron chi connectivity index (χ2n) is 6.80. The number of piperidine rings is 1. The number of nitrogens with one attached hydrogen (secondary N) is 2. The number of guanidine groups is 1. The zero-order valence-electron chi connectivity index (χ0n) is 15.4. The number of nitrogens with zero attached hydrogens (tertiary/aromatic N) is 2. The maximum absolute atomic E-state index is 12.0. The molecule has 0 aromatic heterocycles. The second kappa shape index (κ2) is 11.5. The molecule has 7 heteroatoms. The van der Waals surface area contributed by atoms with Crippen molar-refractivity contribution < 1.29 is 9.53 Å². The first-order chi connectivity index (χ1) is 10.9.